The number of rotatable bonds is 6. The first-order chi connectivity index (χ1) is 13.9. The normalized spacial score (nSPS) is 10.4. The lowest BCUT2D eigenvalue weighted by molar-refractivity contribution is -0.131. The van der Waals surface area contributed by atoms with Gasteiger partial charge >= 0.3 is 10.8 Å². The van der Waals surface area contributed by atoms with Gasteiger partial charge in [0.25, 0.3) is 5.91 Å². The number of methoxy groups -OCH3 is 1. The maximum absolute atomic E-state index is 12.7. The Morgan fingerprint density at radius 2 is 1.79 bits per heavy atom. The molecule has 150 valence electrons. The van der Waals surface area contributed by atoms with Crippen molar-refractivity contribution in [2.24, 2.45) is 0 Å². The first-order valence-corrected chi connectivity index (χ1v) is 9.62. The number of nitrogens with one attached hydrogen (secondary N) is 1. The Morgan fingerprint density at radius 1 is 1.10 bits per heavy atom. The van der Waals surface area contributed by atoms with Gasteiger partial charge in [-0.3, -0.25) is 19.0 Å². The average Bonchev–Trinajstić information content (AvgIpc) is 2.98. The number of nitrogens with zero attached hydrogens (tertiary/aromatic N) is 1. The molecule has 0 saturated carbocycles. The number of ether oxygens (including phenoxy) is 2. The third-order valence-corrected chi connectivity index (χ3v) is 5.33. The molecule has 2 aromatic carbocycles. The van der Waals surface area contributed by atoms with E-state index in [0.717, 1.165) is 11.3 Å². The molecule has 0 spiro atoms. The maximum atomic E-state index is 12.7. The van der Waals surface area contributed by atoms with Gasteiger partial charge in [-0.05, 0) is 37.3 Å². The standard InChI is InChI=1S/C21H20N2O5S/c1-13-19(20(25)22-16-8-10-17(27-3)11-9-16)29-21(26)23(13)12-15-6-4-5-7-18(15)28-14(2)24/h4-11H,12H2,1-3H3,(H,22,25). The second kappa shape index (κ2) is 8.74. The maximum Gasteiger partial charge on any atom is 0.308 e. The molecule has 0 aliphatic heterocycles. The molecular formula is C21H20N2O5S. The number of benzene rings is 2. The molecule has 29 heavy (non-hydrogen) atoms. The Balaban J connectivity index is 1.84. The van der Waals surface area contributed by atoms with E-state index >= 15 is 0 Å². The highest BCUT2D eigenvalue weighted by Gasteiger charge is 2.19. The minimum atomic E-state index is -0.439. The fraction of sp³-hybridized carbons (Fsp3) is 0.190. The summed E-state index contributed by atoms with van der Waals surface area (Å²) >= 11 is 0.878. The second-order valence-electron chi connectivity index (χ2n) is 6.25. The van der Waals surface area contributed by atoms with E-state index in [9.17, 15) is 14.4 Å². The minimum absolute atomic E-state index is 0.195. The Bertz CT molecular complexity index is 1100. The molecule has 3 aromatic rings. The molecule has 0 saturated heterocycles. The monoisotopic (exact) mass is 412 g/mol. The van der Waals surface area contributed by atoms with Crippen molar-refractivity contribution in [1.29, 1.82) is 0 Å². The van der Waals surface area contributed by atoms with Crippen molar-refractivity contribution < 1.29 is 19.1 Å². The molecule has 7 nitrogen and oxygen atoms in total. The number of aromatic nitrogens is 1. The van der Waals surface area contributed by atoms with Crippen molar-refractivity contribution in [2.45, 2.75) is 20.4 Å². The van der Waals surface area contributed by atoms with Gasteiger partial charge in [-0.25, -0.2) is 0 Å². The molecule has 0 bridgehead atoms. The van der Waals surface area contributed by atoms with Gasteiger partial charge in [0.15, 0.2) is 0 Å². The summed E-state index contributed by atoms with van der Waals surface area (Å²) in [5.41, 5.74) is 1.82. The number of thiazole rings is 1. The second-order valence-corrected chi connectivity index (χ2v) is 7.21. The van der Waals surface area contributed by atoms with E-state index in [-0.39, 0.29) is 17.3 Å². The Labute approximate surface area is 171 Å². The van der Waals surface area contributed by atoms with Crippen LogP contribution in [0.25, 0.3) is 0 Å². The van der Waals surface area contributed by atoms with Crippen molar-refractivity contribution >= 4 is 28.9 Å². The molecule has 1 aromatic heterocycles. The van der Waals surface area contributed by atoms with Crippen LogP contribution in [0.15, 0.2) is 53.3 Å². The van der Waals surface area contributed by atoms with Gasteiger partial charge < -0.3 is 14.8 Å². The summed E-state index contributed by atoms with van der Waals surface area (Å²) < 4.78 is 11.8. The van der Waals surface area contributed by atoms with Crippen molar-refractivity contribution in [3.63, 3.8) is 0 Å². The number of carbonyl (C=O) groups excluding carboxylic acids is 2. The number of carbonyl (C=O) groups is 2. The Kier molecular flexibility index (Phi) is 6.13. The van der Waals surface area contributed by atoms with Crippen molar-refractivity contribution in [3.05, 3.63) is 74.3 Å². The van der Waals surface area contributed by atoms with Gasteiger partial charge in [-0.2, -0.15) is 0 Å². The van der Waals surface area contributed by atoms with Gasteiger partial charge in [0.1, 0.15) is 16.4 Å². The molecule has 0 aliphatic carbocycles. The smallest absolute Gasteiger partial charge is 0.308 e. The topological polar surface area (TPSA) is 86.6 Å². The summed E-state index contributed by atoms with van der Waals surface area (Å²) in [6, 6.07) is 13.9. The van der Waals surface area contributed by atoms with E-state index in [0.29, 0.717) is 33.3 Å². The van der Waals surface area contributed by atoms with Crippen molar-refractivity contribution in [3.8, 4) is 11.5 Å². The predicted molar refractivity (Wildman–Crippen MR) is 111 cm³/mol. The van der Waals surface area contributed by atoms with Crippen LogP contribution in [-0.4, -0.2) is 23.6 Å². The van der Waals surface area contributed by atoms with Crippen LogP contribution >= 0.6 is 11.3 Å². The van der Waals surface area contributed by atoms with E-state index in [2.05, 4.69) is 5.32 Å². The molecule has 0 radical (unpaired) electrons. The average molecular weight is 412 g/mol. The van der Waals surface area contributed by atoms with E-state index < -0.39 is 5.97 Å². The zero-order valence-electron chi connectivity index (χ0n) is 16.2. The molecular weight excluding hydrogens is 392 g/mol. The summed E-state index contributed by atoms with van der Waals surface area (Å²) in [6.45, 7) is 3.23. The van der Waals surface area contributed by atoms with Crippen LogP contribution in [0.3, 0.4) is 0 Å². The van der Waals surface area contributed by atoms with Gasteiger partial charge in [0.05, 0.1) is 13.7 Å². The molecule has 0 aliphatic rings. The molecule has 1 heterocycles. The molecule has 1 amide bonds. The fourth-order valence-electron chi connectivity index (χ4n) is 2.79. The first-order valence-electron chi connectivity index (χ1n) is 8.81. The van der Waals surface area contributed by atoms with Gasteiger partial charge in [0, 0.05) is 23.9 Å². The Hall–Kier alpha value is -3.39. The number of para-hydroxylation sites is 1. The third kappa shape index (κ3) is 4.72. The van der Waals surface area contributed by atoms with Crippen LogP contribution in [0, 0.1) is 6.92 Å². The fourth-order valence-corrected chi connectivity index (χ4v) is 3.68. The van der Waals surface area contributed by atoms with Crippen LogP contribution < -0.4 is 19.7 Å². The summed E-state index contributed by atoms with van der Waals surface area (Å²) in [4.78, 5) is 36.6. The van der Waals surface area contributed by atoms with Crippen LogP contribution in [0.1, 0.15) is 27.9 Å². The summed E-state index contributed by atoms with van der Waals surface area (Å²) in [5, 5.41) is 2.79. The summed E-state index contributed by atoms with van der Waals surface area (Å²) in [7, 11) is 1.57. The van der Waals surface area contributed by atoms with Gasteiger partial charge in [0.2, 0.25) is 0 Å². The third-order valence-electron chi connectivity index (χ3n) is 4.25. The van der Waals surface area contributed by atoms with Crippen LogP contribution in [0.5, 0.6) is 11.5 Å². The van der Waals surface area contributed by atoms with Crippen molar-refractivity contribution in [2.75, 3.05) is 12.4 Å². The summed E-state index contributed by atoms with van der Waals surface area (Å²) in [5.74, 6) is 0.274. The van der Waals surface area contributed by atoms with Gasteiger partial charge in [-0.1, -0.05) is 29.5 Å². The zero-order valence-corrected chi connectivity index (χ0v) is 17.0. The highest BCUT2D eigenvalue weighted by atomic mass is 32.1. The predicted octanol–water partition coefficient (Wildman–Crippen LogP) is 3.45. The molecule has 0 fully saturated rings. The number of anilines is 1. The largest absolute Gasteiger partial charge is 0.497 e. The number of esters is 1. The van der Waals surface area contributed by atoms with E-state index in [1.165, 1.54) is 11.5 Å². The quantitative estimate of drug-likeness (QED) is 0.495. The lowest BCUT2D eigenvalue weighted by Crippen LogP contribution is -2.17. The number of hydrogen-bond acceptors (Lipinski definition) is 6. The van der Waals surface area contributed by atoms with E-state index in [1.54, 1.807) is 62.6 Å². The highest BCUT2D eigenvalue weighted by Crippen LogP contribution is 2.22. The lowest BCUT2D eigenvalue weighted by atomic mass is 10.2. The Morgan fingerprint density at radius 3 is 2.45 bits per heavy atom. The van der Waals surface area contributed by atoms with E-state index in [1.807, 2.05) is 0 Å². The summed E-state index contributed by atoms with van der Waals surface area (Å²) in [6.07, 6.45) is 0. The minimum Gasteiger partial charge on any atom is -0.497 e. The molecule has 8 heteroatoms. The lowest BCUT2D eigenvalue weighted by Gasteiger charge is -2.11. The molecule has 0 unspecified atom stereocenters. The first kappa shape index (κ1) is 20.3. The van der Waals surface area contributed by atoms with E-state index in [4.69, 9.17) is 9.47 Å². The van der Waals surface area contributed by atoms with Crippen LogP contribution in [-0.2, 0) is 11.3 Å². The number of amides is 1. The van der Waals surface area contributed by atoms with Crippen LogP contribution in [0.2, 0.25) is 0 Å². The molecule has 1 N–H and O–H groups in total. The van der Waals surface area contributed by atoms with Crippen LogP contribution in [0.4, 0.5) is 5.69 Å². The van der Waals surface area contributed by atoms with Crippen molar-refractivity contribution in [1.82, 2.24) is 4.57 Å². The molecule has 3 rings (SSSR count). The number of hydrogen-bond donors (Lipinski definition) is 1. The highest BCUT2D eigenvalue weighted by molar-refractivity contribution is 7.11. The van der Waals surface area contributed by atoms with Gasteiger partial charge in [-0.15, -0.1) is 0 Å². The zero-order chi connectivity index (χ0) is 21.0. The molecule has 0 atom stereocenters. The SMILES string of the molecule is COc1ccc(NC(=O)c2sc(=O)n(Cc3ccccc3OC(C)=O)c2C)cc1.